The molecule has 0 saturated heterocycles. The summed E-state index contributed by atoms with van der Waals surface area (Å²) in [4.78, 5) is 25.1. The Balaban J connectivity index is 1.64. The lowest BCUT2D eigenvalue weighted by molar-refractivity contribution is -0.113. The van der Waals surface area contributed by atoms with Crippen LogP contribution in [0.5, 0.6) is 0 Å². The summed E-state index contributed by atoms with van der Waals surface area (Å²) >= 11 is 3.36. The maximum atomic E-state index is 13.2. The number of anilines is 1. The van der Waals surface area contributed by atoms with E-state index in [4.69, 9.17) is 4.42 Å². The Morgan fingerprint density at radius 1 is 1.07 bits per heavy atom. The predicted molar refractivity (Wildman–Crippen MR) is 114 cm³/mol. The Morgan fingerprint density at radius 2 is 1.77 bits per heavy atom. The molecule has 30 heavy (non-hydrogen) atoms. The number of allylic oxidation sites excluding steroid dienone is 1. The number of rotatable bonds is 4. The zero-order valence-corrected chi connectivity index (χ0v) is 17.4. The largest absolute Gasteiger partial charge is 0.459 e. The van der Waals surface area contributed by atoms with Gasteiger partial charge in [-0.2, -0.15) is 0 Å². The molecule has 2 heterocycles. The van der Waals surface area contributed by atoms with E-state index < -0.39 is 12.1 Å². The van der Waals surface area contributed by atoms with E-state index in [1.165, 1.54) is 12.1 Å². The summed E-state index contributed by atoms with van der Waals surface area (Å²) in [7, 11) is 0. The summed E-state index contributed by atoms with van der Waals surface area (Å²) in [6, 6.07) is 15.2. The number of nitrogens with one attached hydrogen (secondary N) is 3. The van der Waals surface area contributed by atoms with Gasteiger partial charge in [0.1, 0.15) is 23.4 Å². The molecule has 3 N–H and O–H groups in total. The van der Waals surface area contributed by atoms with Crippen LogP contribution in [0.2, 0.25) is 0 Å². The molecule has 1 aromatic heterocycles. The minimum atomic E-state index is -0.775. The highest BCUT2D eigenvalue weighted by Crippen LogP contribution is 2.32. The molecule has 0 bridgehead atoms. The minimum Gasteiger partial charge on any atom is -0.459 e. The Kier molecular flexibility index (Phi) is 5.41. The van der Waals surface area contributed by atoms with Gasteiger partial charge in [0.25, 0.3) is 5.91 Å². The smallest absolute Gasteiger partial charge is 0.319 e. The summed E-state index contributed by atoms with van der Waals surface area (Å²) in [5.74, 6) is 0.182. The van der Waals surface area contributed by atoms with Crippen LogP contribution in [0.3, 0.4) is 0 Å². The number of halogens is 2. The molecule has 0 saturated carbocycles. The highest BCUT2D eigenvalue weighted by atomic mass is 79.9. The van der Waals surface area contributed by atoms with E-state index in [1.807, 2.05) is 12.1 Å². The number of carbonyl (C=O) groups excluding carboxylic acids is 2. The molecule has 1 aliphatic heterocycles. The number of hydrogen-bond donors (Lipinski definition) is 3. The third-order valence-corrected chi connectivity index (χ3v) is 5.18. The van der Waals surface area contributed by atoms with Gasteiger partial charge in [-0.1, -0.05) is 15.9 Å². The van der Waals surface area contributed by atoms with E-state index in [0.717, 1.165) is 4.47 Å². The summed E-state index contributed by atoms with van der Waals surface area (Å²) in [5.41, 5.74) is 2.06. The van der Waals surface area contributed by atoms with Gasteiger partial charge in [-0.05, 0) is 67.6 Å². The third kappa shape index (κ3) is 4.13. The van der Waals surface area contributed by atoms with Crippen LogP contribution >= 0.6 is 15.9 Å². The second-order valence-corrected chi connectivity index (χ2v) is 7.66. The van der Waals surface area contributed by atoms with Gasteiger partial charge in [0.05, 0.1) is 5.57 Å². The first-order chi connectivity index (χ1) is 14.4. The Labute approximate surface area is 180 Å². The Hall–Kier alpha value is -3.39. The quantitative estimate of drug-likeness (QED) is 0.496. The van der Waals surface area contributed by atoms with Crippen molar-refractivity contribution in [3.63, 3.8) is 0 Å². The number of carbonyl (C=O) groups is 2. The molecule has 0 fully saturated rings. The average molecular weight is 470 g/mol. The highest BCUT2D eigenvalue weighted by molar-refractivity contribution is 9.10. The van der Waals surface area contributed by atoms with Gasteiger partial charge in [0, 0.05) is 21.4 Å². The fraction of sp³-hybridized carbons (Fsp3) is 0.0909. The average Bonchev–Trinajstić information content (AvgIpc) is 3.19. The molecule has 3 amide bonds. The Bertz CT molecular complexity index is 1140. The normalized spacial score (nSPS) is 16.1. The molecule has 6 nitrogen and oxygen atoms in total. The summed E-state index contributed by atoms with van der Waals surface area (Å²) in [6.45, 7) is 1.66. The van der Waals surface area contributed by atoms with Crippen molar-refractivity contribution in [3.05, 3.63) is 88.0 Å². The van der Waals surface area contributed by atoms with Crippen LogP contribution in [0.4, 0.5) is 14.9 Å². The molecule has 4 rings (SSSR count). The van der Waals surface area contributed by atoms with Crippen LogP contribution in [-0.2, 0) is 4.79 Å². The number of hydrogen-bond acceptors (Lipinski definition) is 3. The summed E-state index contributed by atoms with van der Waals surface area (Å²) in [6.07, 6.45) is 0. The fourth-order valence-corrected chi connectivity index (χ4v) is 3.48. The van der Waals surface area contributed by atoms with Crippen LogP contribution in [0.25, 0.3) is 11.3 Å². The van der Waals surface area contributed by atoms with Crippen LogP contribution in [0, 0.1) is 5.82 Å². The van der Waals surface area contributed by atoms with Crippen LogP contribution in [0.15, 0.2) is 80.8 Å². The van der Waals surface area contributed by atoms with Gasteiger partial charge in [-0.3, -0.25) is 4.79 Å². The number of urea groups is 1. The van der Waals surface area contributed by atoms with Gasteiger partial charge in [0.15, 0.2) is 0 Å². The lowest BCUT2D eigenvalue weighted by Crippen LogP contribution is -2.45. The lowest BCUT2D eigenvalue weighted by atomic mass is 10.00. The van der Waals surface area contributed by atoms with E-state index in [2.05, 4.69) is 31.9 Å². The molecule has 0 aliphatic carbocycles. The van der Waals surface area contributed by atoms with Crippen molar-refractivity contribution in [2.45, 2.75) is 13.0 Å². The molecular formula is C22H17BrFN3O3. The Morgan fingerprint density at radius 3 is 2.47 bits per heavy atom. The van der Waals surface area contributed by atoms with Crippen molar-refractivity contribution in [2.24, 2.45) is 0 Å². The molecule has 0 spiro atoms. The summed E-state index contributed by atoms with van der Waals surface area (Å²) < 4.78 is 20.0. The van der Waals surface area contributed by atoms with Crippen molar-refractivity contribution in [2.75, 3.05) is 5.32 Å². The predicted octanol–water partition coefficient (Wildman–Crippen LogP) is 5.11. The van der Waals surface area contributed by atoms with E-state index >= 15 is 0 Å². The standard InChI is InChI=1S/C22H17BrFN3O3/c1-12-19(21(28)26-16-8-4-14(23)5-9-16)20(27-22(29)25-12)18-11-10-17(30-18)13-2-6-15(24)7-3-13/h2-11,20H,1H3,(H,26,28)(H2,25,27,29). The van der Waals surface area contributed by atoms with E-state index in [-0.39, 0.29) is 11.7 Å². The first-order valence-corrected chi connectivity index (χ1v) is 9.91. The first kappa shape index (κ1) is 19.9. The van der Waals surface area contributed by atoms with Crippen LogP contribution < -0.4 is 16.0 Å². The van der Waals surface area contributed by atoms with Gasteiger partial charge in [-0.15, -0.1) is 0 Å². The van der Waals surface area contributed by atoms with Crippen molar-refractivity contribution in [3.8, 4) is 11.3 Å². The maximum Gasteiger partial charge on any atom is 0.319 e. The summed E-state index contributed by atoms with van der Waals surface area (Å²) in [5, 5.41) is 8.20. The third-order valence-electron chi connectivity index (χ3n) is 4.66. The van der Waals surface area contributed by atoms with E-state index in [1.54, 1.807) is 43.3 Å². The molecule has 1 aliphatic rings. The van der Waals surface area contributed by atoms with Gasteiger partial charge in [0.2, 0.25) is 0 Å². The maximum absolute atomic E-state index is 13.2. The van der Waals surface area contributed by atoms with Crippen molar-refractivity contribution < 1.29 is 18.4 Å². The molecular weight excluding hydrogens is 453 g/mol. The number of amides is 3. The van der Waals surface area contributed by atoms with Gasteiger partial charge < -0.3 is 20.4 Å². The van der Waals surface area contributed by atoms with E-state index in [9.17, 15) is 14.0 Å². The second-order valence-electron chi connectivity index (χ2n) is 6.74. The molecule has 152 valence electrons. The van der Waals surface area contributed by atoms with E-state index in [0.29, 0.717) is 34.0 Å². The lowest BCUT2D eigenvalue weighted by Gasteiger charge is -2.27. The zero-order valence-electron chi connectivity index (χ0n) is 15.8. The van der Waals surface area contributed by atoms with Gasteiger partial charge >= 0.3 is 6.03 Å². The number of benzene rings is 2. The van der Waals surface area contributed by atoms with Crippen molar-refractivity contribution in [1.82, 2.24) is 10.6 Å². The number of furan rings is 1. The molecule has 1 unspecified atom stereocenters. The molecule has 2 aromatic carbocycles. The van der Waals surface area contributed by atoms with Crippen molar-refractivity contribution in [1.29, 1.82) is 0 Å². The van der Waals surface area contributed by atoms with Crippen LogP contribution in [-0.4, -0.2) is 11.9 Å². The van der Waals surface area contributed by atoms with Crippen molar-refractivity contribution >= 4 is 33.6 Å². The monoisotopic (exact) mass is 469 g/mol. The fourth-order valence-electron chi connectivity index (χ4n) is 3.22. The molecule has 0 radical (unpaired) electrons. The molecule has 8 heteroatoms. The first-order valence-electron chi connectivity index (χ1n) is 9.11. The van der Waals surface area contributed by atoms with Gasteiger partial charge in [-0.25, -0.2) is 9.18 Å². The topological polar surface area (TPSA) is 83.4 Å². The molecule has 1 atom stereocenters. The minimum absolute atomic E-state index is 0.331. The van der Waals surface area contributed by atoms with Crippen LogP contribution in [0.1, 0.15) is 18.7 Å². The second kappa shape index (κ2) is 8.16. The SMILES string of the molecule is CC1=C(C(=O)Nc2ccc(Br)cc2)C(c2ccc(-c3ccc(F)cc3)o2)NC(=O)N1. The highest BCUT2D eigenvalue weighted by Gasteiger charge is 2.33. The molecule has 3 aromatic rings. The zero-order chi connectivity index (χ0) is 21.3.